The third-order valence-corrected chi connectivity index (χ3v) is 10.7. The molecule has 4 atom stereocenters. The molecule has 1 aromatic carbocycles. The van der Waals surface area contributed by atoms with Gasteiger partial charge in [0, 0.05) is 11.8 Å². The van der Waals surface area contributed by atoms with Crippen LogP contribution in [0, 0.1) is 17.8 Å². The molecule has 0 spiro atoms. The predicted octanol–water partition coefficient (Wildman–Crippen LogP) is 5.01. The Balaban J connectivity index is 1.81. The average molecular weight is 343 g/mol. The van der Waals surface area contributed by atoms with Gasteiger partial charge in [0.2, 0.25) is 0 Å². The molecule has 2 aliphatic rings. The van der Waals surface area contributed by atoms with Gasteiger partial charge in [0.05, 0.1) is 0 Å². The fourth-order valence-electron chi connectivity index (χ4n) is 3.67. The van der Waals surface area contributed by atoms with Crippen molar-refractivity contribution in [1.82, 2.24) is 0 Å². The van der Waals surface area contributed by atoms with Gasteiger partial charge in [0.15, 0.2) is 14.1 Å². The Bertz CT molecular complexity index is 627. The summed E-state index contributed by atoms with van der Waals surface area (Å²) in [5, 5.41) is 0.126. The molecule has 0 heterocycles. The van der Waals surface area contributed by atoms with E-state index in [1.165, 1.54) is 5.56 Å². The highest BCUT2D eigenvalue weighted by Gasteiger charge is 2.49. The summed E-state index contributed by atoms with van der Waals surface area (Å²) in [5.41, 5.74) is 1.25. The van der Waals surface area contributed by atoms with Crippen molar-refractivity contribution in [2.45, 2.75) is 57.8 Å². The minimum Gasteiger partial charge on any atom is -0.406 e. The second-order valence-electron chi connectivity index (χ2n) is 8.95. The van der Waals surface area contributed by atoms with Crippen molar-refractivity contribution in [3.05, 3.63) is 48.0 Å². The molecule has 3 heteroatoms. The van der Waals surface area contributed by atoms with Crippen molar-refractivity contribution in [2.75, 3.05) is 0 Å². The normalized spacial score (nSPS) is 30.0. The summed E-state index contributed by atoms with van der Waals surface area (Å²) in [6.07, 6.45) is 6.17. The molecule has 2 aliphatic carbocycles. The summed E-state index contributed by atoms with van der Waals surface area (Å²) < 4.78 is 6.59. The van der Waals surface area contributed by atoms with Crippen LogP contribution in [0.5, 0.6) is 0 Å². The number of allylic oxidation sites excluding steroid dienone is 1. The van der Waals surface area contributed by atoms with Gasteiger partial charge in [0.25, 0.3) is 0 Å². The lowest BCUT2D eigenvalue weighted by Gasteiger charge is -2.43. The average Bonchev–Trinajstić information content (AvgIpc) is 2.94. The van der Waals surface area contributed by atoms with Crippen LogP contribution >= 0.6 is 0 Å². The molecule has 0 amide bonds. The van der Waals surface area contributed by atoms with Crippen LogP contribution in [0.2, 0.25) is 18.1 Å². The van der Waals surface area contributed by atoms with Crippen LogP contribution in [0.25, 0.3) is 0 Å². The first-order valence-corrected chi connectivity index (χ1v) is 12.0. The monoisotopic (exact) mass is 342 g/mol. The third kappa shape index (κ3) is 3.29. The van der Waals surface area contributed by atoms with Crippen LogP contribution in [0.15, 0.2) is 42.5 Å². The number of hydrogen-bond acceptors (Lipinski definition) is 2. The Kier molecular flexibility index (Phi) is 4.60. The van der Waals surface area contributed by atoms with Crippen LogP contribution in [0.1, 0.15) is 32.8 Å². The van der Waals surface area contributed by atoms with E-state index in [9.17, 15) is 4.79 Å². The predicted molar refractivity (Wildman–Crippen MR) is 101 cm³/mol. The highest BCUT2D eigenvalue weighted by atomic mass is 28.4. The highest BCUT2D eigenvalue weighted by Crippen LogP contribution is 2.45. The summed E-state index contributed by atoms with van der Waals surface area (Å²) in [6, 6.07) is 10.4. The fourth-order valence-corrected chi connectivity index (χ4v) is 4.95. The largest absolute Gasteiger partial charge is 0.406 e. The zero-order valence-electron chi connectivity index (χ0n) is 15.6. The van der Waals surface area contributed by atoms with E-state index in [0.717, 1.165) is 12.8 Å². The maximum atomic E-state index is 13.3. The minimum atomic E-state index is -1.95. The number of fused-ring (bicyclic) bond motifs is 2. The second-order valence-corrected chi connectivity index (χ2v) is 13.7. The molecule has 1 fully saturated rings. The van der Waals surface area contributed by atoms with Gasteiger partial charge in [-0.3, -0.25) is 4.79 Å². The van der Waals surface area contributed by atoms with Gasteiger partial charge in [-0.1, -0.05) is 63.3 Å². The number of rotatable bonds is 4. The Morgan fingerprint density at radius 2 is 1.71 bits per heavy atom. The Hall–Kier alpha value is -1.19. The number of carbonyl (C=O) groups excluding carboxylic acids is 1. The molecule has 2 bridgehead atoms. The van der Waals surface area contributed by atoms with Crippen LogP contribution in [0.3, 0.4) is 0 Å². The maximum Gasteiger partial charge on any atom is 0.193 e. The summed E-state index contributed by atoms with van der Waals surface area (Å²) in [7, 11) is -1.95. The summed E-state index contributed by atoms with van der Waals surface area (Å²) in [4.78, 5) is 13.3. The van der Waals surface area contributed by atoms with E-state index in [-0.39, 0.29) is 23.0 Å². The number of Topliss-reactive ketones (excluding diaryl/α,β-unsaturated/α-hetero) is 1. The first kappa shape index (κ1) is 17.6. The van der Waals surface area contributed by atoms with Crippen LogP contribution in [-0.4, -0.2) is 20.2 Å². The topological polar surface area (TPSA) is 26.3 Å². The van der Waals surface area contributed by atoms with Crippen LogP contribution < -0.4 is 0 Å². The van der Waals surface area contributed by atoms with Gasteiger partial charge in [-0.25, -0.2) is 0 Å². The first-order chi connectivity index (χ1) is 11.2. The minimum absolute atomic E-state index is 0.0668. The van der Waals surface area contributed by atoms with Crippen LogP contribution in [0.4, 0.5) is 0 Å². The van der Waals surface area contributed by atoms with Crippen LogP contribution in [-0.2, 0) is 15.6 Å². The molecule has 0 aliphatic heterocycles. The molecule has 0 radical (unpaired) electrons. The zero-order chi connectivity index (χ0) is 17.5. The van der Waals surface area contributed by atoms with E-state index in [0.29, 0.717) is 11.7 Å². The van der Waals surface area contributed by atoms with Gasteiger partial charge < -0.3 is 4.43 Å². The van der Waals surface area contributed by atoms with Crippen molar-refractivity contribution in [2.24, 2.45) is 17.8 Å². The smallest absolute Gasteiger partial charge is 0.193 e. The SMILES string of the molecule is CC(C)(C)[Si](C)(C)O[C@@H]1C(=O)[C@H](Cc2ccccc2)[C@@H]2C=C[C@H]1C2. The van der Waals surface area contributed by atoms with E-state index in [2.05, 4.69) is 70.3 Å². The quantitative estimate of drug-likeness (QED) is 0.568. The van der Waals surface area contributed by atoms with Gasteiger partial charge in [-0.15, -0.1) is 0 Å². The number of benzene rings is 1. The first-order valence-electron chi connectivity index (χ1n) is 9.13. The molecule has 3 rings (SSSR count). The molecule has 0 N–H and O–H groups in total. The Morgan fingerprint density at radius 1 is 1.08 bits per heavy atom. The van der Waals surface area contributed by atoms with Gasteiger partial charge in [-0.2, -0.15) is 0 Å². The standard InChI is InChI=1S/C21H30O2Si/c1-21(2,3)24(4,5)23-20-17-12-11-16(14-17)18(19(20)22)13-15-9-7-6-8-10-15/h6-12,16-18,20H,13-14H2,1-5H3/t16-,17+,18-,20+/m1/s1. The van der Waals surface area contributed by atoms with E-state index >= 15 is 0 Å². The molecule has 0 aromatic heterocycles. The summed E-state index contributed by atoms with van der Waals surface area (Å²) in [6.45, 7) is 11.2. The summed E-state index contributed by atoms with van der Waals surface area (Å²) >= 11 is 0. The second kappa shape index (κ2) is 6.27. The molecule has 0 unspecified atom stereocenters. The lowest BCUT2D eigenvalue weighted by molar-refractivity contribution is -0.136. The molecule has 1 saturated carbocycles. The Morgan fingerprint density at radius 3 is 2.33 bits per heavy atom. The summed E-state index contributed by atoms with van der Waals surface area (Å²) in [5.74, 6) is 1.07. The van der Waals surface area contributed by atoms with E-state index in [1.54, 1.807) is 0 Å². The van der Waals surface area contributed by atoms with Crippen molar-refractivity contribution >= 4 is 14.1 Å². The van der Waals surface area contributed by atoms with Crippen molar-refractivity contribution < 1.29 is 9.22 Å². The molecule has 0 saturated heterocycles. The number of hydrogen-bond donors (Lipinski definition) is 0. The lowest BCUT2D eigenvalue weighted by atomic mass is 9.74. The third-order valence-electron chi connectivity index (χ3n) is 6.23. The molecule has 24 heavy (non-hydrogen) atoms. The van der Waals surface area contributed by atoms with E-state index < -0.39 is 8.32 Å². The zero-order valence-corrected chi connectivity index (χ0v) is 16.6. The van der Waals surface area contributed by atoms with Gasteiger partial charge >= 0.3 is 0 Å². The highest BCUT2D eigenvalue weighted by molar-refractivity contribution is 6.74. The van der Waals surface area contributed by atoms with Crippen molar-refractivity contribution in [3.8, 4) is 0 Å². The van der Waals surface area contributed by atoms with E-state index in [4.69, 9.17) is 4.43 Å². The van der Waals surface area contributed by atoms with Crippen molar-refractivity contribution in [1.29, 1.82) is 0 Å². The number of carbonyl (C=O) groups is 1. The fraction of sp³-hybridized carbons (Fsp3) is 0.571. The maximum absolute atomic E-state index is 13.3. The molecular formula is C21H30O2Si. The number of ketones is 1. The van der Waals surface area contributed by atoms with Crippen molar-refractivity contribution in [3.63, 3.8) is 0 Å². The van der Waals surface area contributed by atoms with Gasteiger partial charge in [-0.05, 0) is 42.5 Å². The van der Waals surface area contributed by atoms with Gasteiger partial charge in [0.1, 0.15) is 6.10 Å². The Labute approximate surface area is 147 Å². The van der Waals surface area contributed by atoms with E-state index in [1.807, 2.05) is 6.07 Å². The molecule has 130 valence electrons. The lowest BCUT2D eigenvalue weighted by Crippen LogP contribution is -2.51. The molecule has 2 nitrogen and oxygen atoms in total. The molecule has 1 aromatic rings. The molecular weight excluding hydrogens is 312 g/mol.